The van der Waals surface area contributed by atoms with Crippen LogP contribution in [-0.4, -0.2) is 23.8 Å². The van der Waals surface area contributed by atoms with Crippen molar-refractivity contribution >= 4 is 60.9 Å². The van der Waals surface area contributed by atoms with Gasteiger partial charge >= 0.3 is 5.97 Å². The van der Waals surface area contributed by atoms with Gasteiger partial charge in [-0.2, -0.15) is 0 Å². The second-order valence-electron chi connectivity index (χ2n) is 9.76. The number of carbonyl (C=O) groups is 1. The summed E-state index contributed by atoms with van der Waals surface area (Å²) in [6, 6.07) is 25.6. The van der Waals surface area contributed by atoms with Gasteiger partial charge in [0.05, 0.1) is 35.1 Å². The van der Waals surface area contributed by atoms with E-state index in [4.69, 9.17) is 18.9 Å². The van der Waals surface area contributed by atoms with Gasteiger partial charge in [0.2, 0.25) is 0 Å². The molecule has 3 aromatic carbocycles. The third-order valence-corrected chi connectivity index (χ3v) is 9.14. The number of halogens is 2. The fraction of sp³-hybridized carbons (Fsp3) is 0.147. The fourth-order valence-electron chi connectivity index (χ4n) is 5.06. The number of ether oxygens (including phenoxy) is 2. The predicted molar refractivity (Wildman–Crippen MR) is 178 cm³/mol. The average molecular weight is 734 g/mol. The third kappa shape index (κ3) is 5.89. The summed E-state index contributed by atoms with van der Waals surface area (Å²) in [5.74, 6) is 1.33. The Morgan fingerprint density at radius 1 is 1.00 bits per heavy atom. The van der Waals surface area contributed by atoms with E-state index in [2.05, 4.69) is 31.9 Å². The Labute approximate surface area is 274 Å². The molecule has 3 heterocycles. The van der Waals surface area contributed by atoms with Crippen molar-refractivity contribution < 1.29 is 18.7 Å². The van der Waals surface area contributed by atoms with E-state index in [9.17, 15) is 9.59 Å². The molecule has 0 N–H and O–H groups in total. The van der Waals surface area contributed by atoms with Gasteiger partial charge in [-0.05, 0) is 61.9 Å². The van der Waals surface area contributed by atoms with E-state index in [0.717, 1.165) is 25.6 Å². The van der Waals surface area contributed by atoms with Crippen LogP contribution in [0.3, 0.4) is 0 Å². The highest BCUT2D eigenvalue weighted by Crippen LogP contribution is 2.36. The molecule has 0 saturated heterocycles. The first kappa shape index (κ1) is 30.1. The van der Waals surface area contributed by atoms with Gasteiger partial charge in [0.15, 0.2) is 4.80 Å². The van der Waals surface area contributed by atoms with Gasteiger partial charge < -0.3 is 13.9 Å². The van der Waals surface area contributed by atoms with Crippen LogP contribution >= 0.6 is 43.2 Å². The maximum Gasteiger partial charge on any atom is 0.338 e. The Bertz CT molecular complexity index is 2060. The normalized spacial score (nSPS) is 14.7. The molecule has 0 bridgehead atoms. The van der Waals surface area contributed by atoms with E-state index < -0.39 is 12.0 Å². The number of hydrogen-bond acceptors (Lipinski definition) is 7. The SMILES string of the molecule is CCOC(=O)C1=C(c2ccccc2)N=c2s/c(=C\c3ccc(-c4cc(Br)ccc4Br)o3)c(=O)n2[C@@H]1c1ccc(OCC)cc1. The van der Waals surface area contributed by atoms with Gasteiger partial charge in [0, 0.05) is 26.1 Å². The van der Waals surface area contributed by atoms with Crippen LogP contribution in [-0.2, 0) is 9.53 Å². The lowest BCUT2D eigenvalue weighted by atomic mass is 9.93. The smallest absolute Gasteiger partial charge is 0.338 e. The molecule has 1 aliphatic heterocycles. The Morgan fingerprint density at radius 2 is 1.77 bits per heavy atom. The topological polar surface area (TPSA) is 83.0 Å². The Kier molecular flexibility index (Phi) is 8.83. The first-order valence-corrected chi connectivity index (χ1v) is 16.3. The maximum atomic E-state index is 14.1. The number of nitrogens with zero attached hydrogens (tertiary/aromatic N) is 2. The lowest BCUT2D eigenvalue weighted by Gasteiger charge is -2.26. The van der Waals surface area contributed by atoms with Gasteiger partial charge in [-0.3, -0.25) is 9.36 Å². The Hall–Kier alpha value is -3.99. The molecule has 222 valence electrons. The van der Waals surface area contributed by atoms with Crippen LogP contribution in [0.4, 0.5) is 0 Å². The van der Waals surface area contributed by atoms with Crippen molar-refractivity contribution in [3.8, 4) is 17.1 Å². The summed E-state index contributed by atoms with van der Waals surface area (Å²) in [6.45, 7) is 4.37. The summed E-state index contributed by atoms with van der Waals surface area (Å²) >= 11 is 8.34. The number of thiazole rings is 1. The van der Waals surface area contributed by atoms with E-state index in [1.165, 1.54) is 11.3 Å². The maximum absolute atomic E-state index is 14.1. The minimum atomic E-state index is -0.775. The van der Waals surface area contributed by atoms with E-state index in [-0.39, 0.29) is 12.2 Å². The van der Waals surface area contributed by atoms with Gasteiger partial charge in [0.1, 0.15) is 17.3 Å². The molecular weight excluding hydrogens is 708 g/mol. The molecule has 0 saturated carbocycles. The lowest BCUT2D eigenvalue weighted by Crippen LogP contribution is -2.40. The van der Waals surface area contributed by atoms with Crippen LogP contribution < -0.4 is 19.6 Å². The number of fused-ring (bicyclic) bond motifs is 1. The second kappa shape index (κ2) is 12.9. The van der Waals surface area contributed by atoms with Gasteiger partial charge in [-0.25, -0.2) is 9.79 Å². The molecule has 6 rings (SSSR count). The Morgan fingerprint density at radius 3 is 2.50 bits per heavy atom. The van der Waals surface area contributed by atoms with Crippen LogP contribution in [0.25, 0.3) is 23.1 Å². The zero-order chi connectivity index (χ0) is 30.8. The lowest BCUT2D eigenvalue weighted by molar-refractivity contribution is -0.138. The van der Waals surface area contributed by atoms with Crippen molar-refractivity contribution in [3.05, 3.63) is 136 Å². The van der Waals surface area contributed by atoms with E-state index in [0.29, 0.717) is 44.5 Å². The van der Waals surface area contributed by atoms with Crippen LogP contribution in [0.2, 0.25) is 0 Å². The average Bonchev–Trinajstić information content (AvgIpc) is 3.62. The highest BCUT2D eigenvalue weighted by Gasteiger charge is 2.35. The summed E-state index contributed by atoms with van der Waals surface area (Å²) in [5.41, 5.74) is 2.83. The molecule has 1 aliphatic rings. The van der Waals surface area contributed by atoms with Crippen molar-refractivity contribution in [1.29, 1.82) is 0 Å². The summed E-state index contributed by atoms with van der Waals surface area (Å²) < 4.78 is 21.1. The Balaban J connectivity index is 1.55. The second-order valence-corrected chi connectivity index (χ2v) is 12.5. The van der Waals surface area contributed by atoms with Crippen LogP contribution in [0.5, 0.6) is 5.75 Å². The van der Waals surface area contributed by atoms with Crippen LogP contribution in [0.1, 0.15) is 36.8 Å². The number of hydrogen-bond donors (Lipinski definition) is 0. The number of rotatable bonds is 8. The van der Waals surface area contributed by atoms with Gasteiger partial charge in [0.25, 0.3) is 5.56 Å². The highest BCUT2D eigenvalue weighted by atomic mass is 79.9. The number of furan rings is 1. The van der Waals surface area contributed by atoms with Crippen molar-refractivity contribution in [2.24, 2.45) is 4.99 Å². The summed E-state index contributed by atoms with van der Waals surface area (Å²) in [4.78, 5) is 33.1. The number of esters is 1. The zero-order valence-electron chi connectivity index (χ0n) is 23.8. The first-order chi connectivity index (χ1) is 21.4. The van der Waals surface area contributed by atoms with Crippen molar-refractivity contribution in [3.63, 3.8) is 0 Å². The highest BCUT2D eigenvalue weighted by molar-refractivity contribution is 9.11. The molecule has 2 aromatic heterocycles. The quantitative estimate of drug-likeness (QED) is 0.159. The monoisotopic (exact) mass is 732 g/mol. The zero-order valence-corrected chi connectivity index (χ0v) is 27.7. The summed E-state index contributed by atoms with van der Waals surface area (Å²) in [7, 11) is 0. The van der Waals surface area contributed by atoms with Crippen molar-refractivity contribution in [2.45, 2.75) is 19.9 Å². The molecule has 0 amide bonds. The van der Waals surface area contributed by atoms with E-state index >= 15 is 0 Å². The largest absolute Gasteiger partial charge is 0.494 e. The third-order valence-electron chi connectivity index (χ3n) is 6.97. The summed E-state index contributed by atoms with van der Waals surface area (Å²) in [6.07, 6.45) is 1.71. The molecule has 0 fully saturated rings. The van der Waals surface area contributed by atoms with Gasteiger partial charge in [-0.15, -0.1) is 0 Å². The van der Waals surface area contributed by atoms with Crippen LogP contribution in [0.15, 0.2) is 114 Å². The molecule has 0 aliphatic carbocycles. The minimum absolute atomic E-state index is 0.180. The van der Waals surface area contributed by atoms with Crippen molar-refractivity contribution in [1.82, 2.24) is 4.57 Å². The molecule has 1 atom stereocenters. The summed E-state index contributed by atoms with van der Waals surface area (Å²) in [5, 5.41) is 0. The molecule has 0 radical (unpaired) electrons. The first-order valence-electron chi connectivity index (χ1n) is 13.9. The molecular formula is C34H26Br2N2O5S. The number of aromatic nitrogens is 1. The predicted octanol–water partition coefficient (Wildman–Crippen LogP) is 7.12. The van der Waals surface area contributed by atoms with Crippen molar-refractivity contribution in [2.75, 3.05) is 13.2 Å². The fourth-order valence-corrected chi connectivity index (χ4v) is 6.84. The standard InChI is InChI=1S/C34H26Br2N2O5S/c1-3-41-23-13-10-21(11-14-23)31-29(33(40)42-4-2)30(20-8-6-5-7-9-20)37-34-38(31)32(39)28(44-34)19-24-15-17-27(43-24)25-18-22(35)12-16-26(25)36/h5-19,31H,3-4H2,1-2H3/b28-19-/t31-/m1/s1. The van der Waals surface area contributed by atoms with Gasteiger partial charge in [-0.1, -0.05) is 85.7 Å². The molecule has 7 nitrogen and oxygen atoms in total. The molecule has 44 heavy (non-hydrogen) atoms. The molecule has 10 heteroatoms. The minimum Gasteiger partial charge on any atom is -0.494 e. The van der Waals surface area contributed by atoms with E-state index in [1.54, 1.807) is 17.6 Å². The number of carbonyl (C=O) groups excluding carboxylic acids is 1. The molecule has 5 aromatic rings. The molecule has 0 unspecified atom stereocenters. The van der Waals surface area contributed by atoms with E-state index in [1.807, 2.05) is 91.9 Å². The molecule has 0 spiro atoms. The number of benzene rings is 3. The van der Waals surface area contributed by atoms with Crippen LogP contribution in [0, 0.1) is 0 Å².